The van der Waals surface area contributed by atoms with Crippen LogP contribution < -0.4 is 5.32 Å². The lowest BCUT2D eigenvalue weighted by Gasteiger charge is -2.11. The van der Waals surface area contributed by atoms with Crippen molar-refractivity contribution >= 4 is 0 Å². The van der Waals surface area contributed by atoms with E-state index in [0.29, 0.717) is 12.6 Å². The van der Waals surface area contributed by atoms with Gasteiger partial charge in [0.2, 0.25) is 0 Å². The molecule has 92 valence electrons. The van der Waals surface area contributed by atoms with Crippen LogP contribution in [0.2, 0.25) is 0 Å². The number of halogens is 3. The van der Waals surface area contributed by atoms with E-state index >= 15 is 0 Å². The summed E-state index contributed by atoms with van der Waals surface area (Å²) in [6, 6.07) is 0.489. The topological polar surface area (TPSA) is 21.3 Å². The molecule has 4 unspecified atom stereocenters. The largest absolute Gasteiger partial charge is 0.522 e. The van der Waals surface area contributed by atoms with Crippen LogP contribution in [0, 0.1) is 23.7 Å². The molecule has 0 aromatic rings. The normalized spacial score (nSPS) is 44.8. The Morgan fingerprint density at radius 1 is 1.12 bits per heavy atom. The molecule has 3 rings (SSSR count). The van der Waals surface area contributed by atoms with Gasteiger partial charge >= 0.3 is 6.36 Å². The summed E-state index contributed by atoms with van der Waals surface area (Å²) in [5.41, 5.74) is 0. The van der Waals surface area contributed by atoms with E-state index in [1.165, 1.54) is 19.3 Å². The lowest BCUT2D eigenvalue weighted by molar-refractivity contribution is -0.323. The molecule has 4 atom stereocenters. The fraction of sp³-hybridized carbons (Fsp3) is 1.00. The lowest BCUT2D eigenvalue weighted by Crippen LogP contribution is -2.29. The van der Waals surface area contributed by atoms with Crippen LogP contribution in [0.1, 0.15) is 19.3 Å². The maximum Gasteiger partial charge on any atom is 0.522 e. The van der Waals surface area contributed by atoms with E-state index in [0.717, 1.165) is 23.7 Å². The van der Waals surface area contributed by atoms with E-state index in [4.69, 9.17) is 0 Å². The molecular weight excluding hydrogens is 219 g/mol. The van der Waals surface area contributed by atoms with Crippen LogP contribution in [0.25, 0.3) is 0 Å². The Kier molecular flexibility index (Phi) is 2.44. The van der Waals surface area contributed by atoms with Gasteiger partial charge in [0.25, 0.3) is 0 Å². The third kappa shape index (κ3) is 1.84. The van der Waals surface area contributed by atoms with Crippen molar-refractivity contribution < 1.29 is 17.9 Å². The average Bonchev–Trinajstić information content (AvgIpc) is 2.60. The summed E-state index contributed by atoms with van der Waals surface area (Å²) in [6.07, 6.45) is -0.446. The van der Waals surface area contributed by atoms with E-state index in [9.17, 15) is 13.2 Å². The minimum Gasteiger partial charge on any atom is -0.311 e. The van der Waals surface area contributed by atoms with Gasteiger partial charge in [-0.05, 0) is 42.9 Å². The van der Waals surface area contributed by atoms with Gasteiger partial charge in [-0.15, -0.1) is 13.2 Å². The Labute approximate surface area is 92.5 Å². The fourth-order valence-corrected chi connectivity index (χ4v) is 3.99. The summed E-state index contributed by atoms with van der Waals surface area (Å²) in [4.78, 5) is 0. The van der Waals surface area contributed by atoms with Gasteiger partial charge in [0.05, 0.1) is 6.61 Å². The first-order valence-electron chi connectivity index (χ1n) is 6.00. The maximum atomic E-state index is 11.7. The molecule has 3 aliphatic rings. The monoisotopic (exact) mass is 235 g/mol. The van der Waals surface area contributed by atoms with E-state index in [2.05, 4.69) is 10.1 Å². The molecular formula is C11H16F3NO. The molecule has 0 saturated heterocycles. The van der Waals surface area contributed by atoms with Crippen LogP contribution in [-0.4, -0.2) is 25.6 Å². The first kappa shape index (κ1) is 10.8. The summed E-state index contributed by atoms with van der Waals surface area (Å²) < 4.78 is 38.9. The van der Waals surface area contributed by atoms with Gasteiger partial charge in [0, 0.05) is 12.6 Å². The smallest absolute Gasteiger partial charge is 0.311 e. The van der Waals surface area contributed by atoms with Crippen molar-refractivity contribution in [3.05, 3.63) is 0 Å². The molecule has 5 heteroatoms. The highest BCUT2D eigenvalue weighted by atomic mass is 19.4. The molecule has 3 aliphatic carbocycles. The second-order valence-electron chi connectivity index (χ2n) is 5.26. The van der Waals surface area contributed by atoms with Crippen molar-refractivity contribution in [2.45, 2.75) is 31.7 Å². The summed E-state index contributed by atoms with van der Waals surface area (Å²) in [5, 5.41) is 3.21. The van der Waals surface area contributed by atoms with Crippen LogP contribution in [-0.2, 0) is 4.74 Å². The number of nitrogens with one attached hydrogen (secondary N) is 1. The predicted octanol–water partition coefficient (Wildman–Crippen LogP) is 2.16. The van der Waals surface area contributed by atoms with Gasteiger partial charge in [0.15, 0.2) is 0 Å². The minimum atomic E-state index is -4.49. The molecule has 0 heterocycles. The summed E-state index contributed by atoms with van der Waals surface area (Å²) in [5.74, 6) is 3.25. The van der Waals surface area contributed by atoms with E-state index in [1.807, 2.05) is 0 Å². The zero-order valence-corrected chi connectivity index (χ0v) is 8.96. The Morgan fingerprint density at radius 3 is 2.31 bits per heavy atom. The molecule has 0 amide bonds. The average molecular weight is 235 g/mol. The molecule has 3 fully saturated rings. The summed E-state index contributed by atoms with van der Waals surface area (Å²) in [6.45, 7) is 0.0470. The van der Waals surface area contributed by atoms with Crippen LogP contribution in [0.15, 0.2) is 0 Å². The number of hydrogen-bond donors (Lipinski definition) is 1. The van der Waals surface area contributed by atoms with Crippen molar-refractivity contribution in [1.29, 1.82) is 0 Å². The molecule has 0 aromatic carbocycles. The van der Waals surface area contributed by atoms with Crippen LogP contribution in [0.5, 0.6) is 0 Å². The Balaban J connectivity index is 1.37. The van der Waals surface area contributed by atoms with Crippen LogP contribution in [0.3, 0.4) is 0 Å². The van der Waals surface area contributed by atoms with Gasteiger partial charge in [-0.2, -0.15) is 0 Å². The Hall–Kier alpha value is -0.290. The number of ether oxygens (including phenoxy) is 1. The van der Waals surface area contributed by atoms with Gasteiger partial charge in [0.1, 0.15) is 0 Å². The SMILES string of the molecule is FC(F)(F)OCCNC1C2C3CCC(C3)C12. The third-order valence-corrected chi connectivity index (χ3v) is 4.48. The van der Waals surface area contributed by atoms with Gasteiger partial charge in [-0.3, -0.25) is 4.74 Å². The molecule has 3 saturated carbocycles. The Morgan fingerprint density at radius 2 is 1.75 bits per heavy atom. The van der Waals surface area contributed by atoms with Crippen molar-refractivity contribution in [3.63, 3.8) is 0 Å². The lowest BCUT2D eigenvalue weighted by atomic mass is 10.0. The first-order chi connectivity index (χ1) is 7.56. The molecule has 1 N–H and O–H groups in total. The highest BCUT2D eigenvalue weighted by molar-refractivity contribution is 5.16. The zero-order valence-electron chi connectivity index (χ0n) is 8.96. The van der Waals surface area contributed by atoms with E-state index < -0.39 is 6.36 Å². The molecule has 2 bridgehead atoms. The maximum absolute atomic E-state index is 11.7. The number of rotatable bonds is 4. The highest BCUT2D eigenvalue weighted by Gasteiger charge is 2.64. The fourth-order valence-electron chi connectivity index (χ4n) is 3.99. The van der Waals surface area contributed by atoms with Crippen molar-refractivity contribution in [2.24, 2.45) is 23.7 Å². The predicted molar refractivity (Wildman–Crippen MR) is 51.6 cm³/mol. The van der Waals surface area contributed by atoms with Crippen molar-refractivity contribution in [3.8, 4) is 0 Å². The minimum absolute atomic E-state index is 0.269. The van der Waals surface area contributed by atoms with Crippen molar-refractivity contribution in [1.82, 2.24) is 5.32 Å². The number of hydrogen-bond acceptors (Lipinski definition) is 2. The quantitative estimate of drug-likeness (QED) is 0.754. The standard InChI is InChI=1S/C11H16F3NO/c12-11(13,14)16-4-3-15-10-8-6-1-2-7(5-6)9(8)10/h6-10,15H,1-5H2. The van der Waals surface area contributed by atoms with Crippen LogP contribution in [0.4, 0.5) is 13.2 Å². The first-order valence-corrected chi connectivity index (χ1v) is 6.00. The van der Waals surface area contributed by atoms with Crippen molar-refractivity contribution in [2.75, 3.05) is 13.2 Å². The van der Waals surface area contributed by atoms with Gasteiger partial charge in [-0.1, -0.05) is 0 Å². The molecule has 16 heavy (non-hydrogen) atoms. The second kappa shape index (κ2) is 3.60. The molecule has 0 aromatic heterocycles. The highest BCUT2D eigenvalue weighted by Crippen LogP contribution is 2.65. The molecule has 0 aliphatic heterocycles. The summed E-state index contributed by atoms with van der Waals surface area (Å²) in [7, 11) is 0. The Bertz CT molecular complexity index is 265. The zero-order chi connectivity index (χ0) is 11.3. The second-order valence-corrected chi connectivity index (χ2v) is 5.26. The van der Waals surface area contributed by atoms with Gasteiger partial charge < -0.3 is 5.32 Å². The molecule has 2 nitrogen and oxygen atoms in total. The third-order valence-electron chi connectivity index (χ3n) is 4.48. The van der Waals surface area contributed by atoms with E-state index in [-0.39, 0.29) is 6.61 Å². The van der Waals surface area contributed by atoms with Crippen LogP contribution >= 0.6 is 0 Å². The summed E-state index contributed by atoms with van der Waals surface area (Å²) >= 11 is 0. The number of alkyl halides is 3. The van der Waals surface area contributed by atoms with Gasteiger partial charge in [-0.25, -0.2) is 0 Å². The van der Waals surface area contributed by atoms with E-state index in [1.54, 1.807) is 0 Å². The molecule has 0 radical (unpaired) electrons. The molecule has 0 spiro atoms. The number of fused-ring (bicyclic) bond motifs is 5.